The van der Waals surface area contributed by atoms with Crippen molar-refractivity contribution >= 4 is 16.7 Å². The maximum absolute atomic E-state index is 9.57. The normalized spacial score (nSPS) is 26.4. The van der Waals surface area contributed by atoms with Crippen molar-refractivity contribution in [2.24, 2.45) is 0 Å². The molecule has 2 aromatic rings. The molecular formula is C21H26N4O2. The van der Waals surface area contributed by atoms with Crippen LogP contribution in [0.1, 0.15) is 25.3 Å². The van der Waals surface area contributed by atoms with Gasteiger partial charge in [0.25, 0.3) is 0 Å². The van der Waals surface area contributed by atoms with Gasteiger partial charge in [-0.3, -0.25) is 4.90 Å². The van der Waals surface area contributed by atoms with Crippen molar-refractivity contribution in [3.8, 4) is 6.07 Å². The summed E-state index contributed by atoms with van der Waals surface area (Å²) in [7, 11) is 0. The highest BCUT2D eigenvalue weighted by Gasteiger charge is 2.31. The van der Waals surface area contributed by atoms with E-state index in [0.717, 1.165) is 55.7 Å². The molecule has 3 atom stereocenters. The number of anilines is 1. The molecule has 1 aromatic carbocycles. The third-order valence-corrected chi connectivity index (χ3v) is 5.62. The Balaban J connectivity index is 1.54. The van der Waals surface area contributed by atoms with Crippen molar-refractivity contribution in [2.75, 3.05) is 37.7 Å². The molecule has 0 saturated carbocycles. The van der Waals surface area contributed by atoms with E-state index >= 15 is 0 Å². The van der Waals surface area contributed by atoms with Crippen molar-refractivity contribution in [1.82, 2.24) is 9.88 Å². The van der Waals surface area contributed by atoms with Crippen LogP contribution in [0.3, 0.4) is 0 Å². The second kappa shape index (κ2) is 7.81. The predicted molar refractivity (Wildman–Crippen MR) is 105 cm³/mol. The molecule has 2 saturated heterocycles. The summed E-state index contributed by atoms with van der Waals surface area (Å²) in [5.74, 6) is 0.894. The van der Waals surface area contributed by atoms with Crippen LogP contribution >= 0.6 is 0 Å². The molecular weight excluding hydrogens is 340 g/mol. The summed E-state index contributed by atoms with van der Waals surface area (Å²) >= 11 is 0. The molecule has 0 amide bonds. The topological polar surface area (TPSA) is 72.6 Å². The number of nitrogens with zero attached hydrogens (tertiary/aromatic N) is 4. The maximum Gasteiger partial charge on any atom is 0.129 e. The Labute approximate surface area is 160 Å². The molecule has 2 aliphatic rings. The van der Waals surface area contributed by atoms with E-state index in [-0.39, 0.29) is 24.9 Å². The number of benzene rings is 1. The molecule has 2 fully saturated rings. The number of pyridine rings is 1. The average Bonchev–Trinajstić information content (AvgIpc) is 3.13. The van der Waals surface area contributed by atoms with E-state index < -0.39 is 0 Å². The maximum atomic E-state index is 9.57. The first-order valence-corrected chi connectivity index (χ1v) is 9.73. The molecule has 27 heavy (non-hydrogen) atoms. The quantitative estimate of drug-likeness (QED) is 0.894. The standard InChI is InChI=1S/C21H26N4O2/c1-15-11-25(13-19(27-15)12-24-9-3-6-18(24)14-26)20-8-7-16-4-2-5-17(10-22)21(16)23-20/h2,4-5,7-8,15,18-19,26H,3,6,9,11-14H2,1H3/t15?,18-,19?/m0/s1. The number of aliphatic hydroxyl groups is 1. The van der Waals surface area contributed by atoms with Crippen molar-refractivity contribution in [1.29, 1.82) is 5.26 Å². The average molecular weight is 366 g/mol. The number of hydrogen-bond donors (Lipinski definition) is 1. The van der Waals surface area contributed by atoms with E-state index in [9.17, 15) is 10.4 Å². The Morgan fingerprint density at radius 3 is 3.00 bits per heavy atom. The highest BCUT2D eigenvalue weighted by atomic mass is 16.5. The molecule has 2 aliphatic heterocycles. The number of nitriles is 1. The lowest BCUT2D eigenvalue weighted by atomic mass is 10.1. The monoisotopic (exact) mass is 366 g/mol. The van der Waals surface area contributed by atoms with Gasteiger partial charge in [0.05, 0.1) is 29.9 Å². The minimum absolute atomic E-state index is 0.0876. The van der Waals surface area contributed by atoms with Gasteiger partial charge in [-0.25, -0.2) is 4.98 Å². The fraction of sp³-hybridized carbons (Fsp3) is 0.524. The first-order chi connectivity index (χ1) is 13.2. The van der Waals surface area contributed by atoms with Gasteiger partial charge in [0.2, 0.25) is 0 Å². The van der Waals surface area contributed by atoms with E-state index in [4.69, 9.17) is 9.72 Å². The zero-order valence-corrected chi connectivity index (χ0v) is 15.7. The molecule has 1 N–H and O–H groups in total. The van der Waals surface area contributed by atoms with E-state index in [1.807, 2.05) is 30.3 Å². The fourth-order valence-corrected chi connectivity index (χ4v) is 4.34. The highest BCUT2D eigenvalue weighted by Crippen LogP contribution is 2.25. The number of morpholine rings is 1. The number of aromatic nitrogens is 1. The van der Waals surface area contributed by atoms with Crippen LogP contribution in [0.15, 0.2) is 30.3 Å². The number of hydrogen-bond acceptors (Lipinski definition) is 6. The van der Waals surface area contributed by atoms with Crippen molar-refractivity contribution < 1.29 is 9.84 Å². The van der Waals surface area contributed by atoms with Gasteiger partial charge in [-0.05, 0) is 44.5 Å². The van der Waals surface area contributed by atoms with E-state index in [1.165, 1.54) is 0 Å². The number of aliphatic hydroxyl groups excluding tert-OH is 1. The van der Waals surface area contributed by atoms with Crippen LogP contribution in [0.2, 0.25) is 0 Å². The molecule has 142 valence electrons. The summed E-state index contributed by atoms with van der Waals surface area (Å²) in [6, 6.07) is 12.3. The molecule has 4 rings (SSSR count). The number of rotatable bonds is 4. The third-order valence-electron chi connectivity index (χ3n) is 5.62. The van der Waals surface area contributed by atoms with Gasteiger partial charge in [0.15, 0.2) is 0 Å². The zero-order valence-electron chi connectivity index (χ0n) is 15.7. The second-order valence-electron chi connectivity index (χ2n) is 7.61. The van der Waals surface area contributed by atoms with Gasteiger partial charge >= 0.3 is 0 Å². The molecule has 0 aliphatic carbocycles. The molecule has 0 bridgehead atoms. The van der Waals surface area contributed by atoms with E-state index in [2.05, 4.69) is 22.8 Å². The Hall–Kier alpha value is -2.20. The predicted octanol–water partition coefficient (Wildman–Crippen LogP) is 2.16. The second-order valence-corrected chi connectivity index (χ2v) is 7.61. The molecule has 6 heteroatoms. The molecule has 0 spiro atoms. The Morgan fingerprint density at radius 2 is 2.19 bits per heavy atom. The van der Waals surface area contributed by atoms with Gasteiger partial charge in [-0.2, -0.15) is 5.26 Å². The summed E-state index contributed by atoms with van der Waals surface area (Å²) < 4.78 is 6.18. The molecule has 6 nitrogen and oxygen atoms in total. The summed E-state index contributed by atoms with van der Waals surface area (Å²) in [5, 5.41) is 19.9. The van der Waals surface area contributed by atoms with Crippen LogP contribution in [-0.4, -0.2) is 66.0 Å². The molecule has 1 aromatic heterocycles. The summed E-state index contributed by atoms with van der Waals surface area (Å²) in [6.45, 7) is 5.73. The smallest absolute Gasteiger partial charge is 0.129 e. The lowest BCUT2D eigenvalue weighted by Crippen LogP contribution is -2.52. The summed E-state index contributed by atoms with van der Waals surface area (Å²) in [6.07, 6.45) is 2.40. The zero-order chi connectivity index (χ0) is 18.8. The summed E-state index contributed by atoms with van der Waals surface area (Å²) in [5.41, 5.74) is 1.36. The van der Waals surface area contributed by atoms with Crippen LogP contribution in [0.4, 0.5) is 5.82 Å². The Kier molecular flexibility index (Phi) is 5.26. The van der Waals surface area contributed by atoms with Gasteiger partial charge in [-0.15, -0.1) is 0 Å². The Bertz CT molecular complexity index is 850. The van der Waals surface area contributed by atoms with Gasteiger partial charge in [-0.1, -0.05) is 12.1 Å². The molecule has 3 heterocycles. The number of para-hydroxylation sites is 1. The SMILES string of the molecule is CC1CN(c2ccc3cccc(C#N)c3n2)CC(CN2CCC[C@H]2CO)O1. The van der Waals surface area contributed by atoms with Crippen LogP contribution in [-0.2, 0) is 4.74 Å². The van der Waals surface area contributed by atoms with Crippen molar-refractivity contribution in [3.63, 3.8) is 0 Å². The van der Waals surface area contributed by atoms with Gasteiger partial charge < -0.3 is 14.7 Å². The molecule has 2 unspecified atom stereocenters. The molecule has 0 radical (unpaired) electrons. The van der Waals surface area contributed by atoms with Crippen LogP contribution in [0, 0.1) is 11.3 Å². The van der Waals surface area contributed by atoms with E-state index in [1.54, 1.807) is 0 Å². The van der Waals surface area contributed by atoms with Crippen LogP contribution in [0.5, 0.6) is 0 Å². The number of fused-ring (bicyclic) bond motifs is 1. The minimum atomic E-state index is 0.0876. The van der Waals surface area contributed by atoms with E-state index in [0.29, 0.717) is 5.56 Å². The minimum Gasteiger partial charge on any atom is -0.395 e. The first kappa shape index (κ1) is 18.2. The highest BCUT2D eigenvalue weighted by molar-refractivity contribution is 5.85. The largest absolute Gasteiger partial charge is 0.395 e. The number of likely N-dealkylation sites (tertiary alicyclic amines) is 1. The first-order valence-electron chi connectivity index (χ1n) is 9.73. The fourth-order valence-electron chi connectivity index (χ4n) is 4.34. The Morgan fingerprint density at radius 1 is 1.30 bits per heavy atom. The van der Waals surface area contributed by atoms with Gasteiger partial charge in [0, 0.05) is 31.1 Å². The lowest BCUT2D eigenvalue weighted by molar-refractivity contribution is -0.0365. The van der Waals surface area contributed by atoms with Crippen LogP contribution in [0.25, 0.3) is 10.9 Å². The third kappa shape index (κ3) is 3.77. The lowest BCUT2D eigenvalue weighted by Gasteiger charge is -2.39. The number of ether oxygens (including phenoxy) is 1. The van der Waals surface area contributed by atoms with Crippen molar-refractivity contribution in [2.45, 2.75) is 38.0 Å². The van der Waals surface area contributed by atoms with Crippen molar-refractivity contribution in [3.05, 3.63) is 35.9 Å². The summed E-state index contributed by atoms with van der Waals surface area (Å²) in [4.78, 5) is 9.41. The van der Waals surface area contributed by atoms with Gasteiger partial charge in [0.1, 0.15) is 11.9 Å². The van der Waals surface area contributed by atoms with Crippen LogP contribution < -0.4 is 4.90 Å².